The fraction of sp³-hybridized carbons (Fsp3) is 0.0714. The van der Waals surface area contributed by atoms with Gasteiger partial charge < -0.3 is 0 Å². The molecular weight excluding hydrogens is 342 g/mol. The summed E-state index contributed by atoms with van der Waals surface area (Å²) in [6.07, 6.45) is 0. The van der Waals surface area contributed by atoms with Crippen LogP contribution in [-0.4, -0.2) is 18.6 Å². The minimum Gasteiger partial charge on any atom is -0.268 e. The largest absolute Gasteiger partial charge is 0.269 e. The molecular formula is C14H10BrNO3S. The minimum absolute atomic E-state index is 0.0448. The molecule has 102 valence electrons. The average Bonchev–Trinajstić information content (AvgIpc) is 2.63. The van der Waals surface area contributed by atoms with Crippen LogP contribution in [0, 0.1) is 0 Å². The number of rotatable bonds is 2. The van der Waals surface area contributed by atoms with Gasteiger partial charge in [0.1, 0.15) is 4.90 Å². The van der Waals surface area contributed by atoms with Crippen LogP contribution in [-0.2, 0) is 16.6 Å². The number of fused-ring (bicyclic) bond motifs is 1. The van der Waals surface area contributed by atoms with Gasteiger partial charge in [-0.05, 0) is 29.8 Å². The highest BCUT2D eigenvalue weighted by Gasteiger charge is 2.40. The van der Waals surface area contributed by atoms with Crippen molar-refractivity contribution >= 4 is 31.9 Å². The molecule has 0 saturated carbocycles. The summed E-state index contributed by atoms with van der Waals surface area (Å²) in [6, 6.07) is 13.5. The SMILES string of the molecule is O=C1c2ccccc2S(=O)(=O)N1Cc1ccc(Br)cc1. The van der Waals surface area contributed by atoms with Crippen LogP contribution in [0.15, 0.2) is 57.9 Å². The van der Waals surface area contributed by atoms with Gasteiger partial charge in [-0.15, -0.1) is 0 Å². The lowest BCUT2D eigenvalue weighted by atomic mass is 10.2. The summed E-state index contributed by atoms with van der Waals surface area (Å²) in [4.78, 5) is 12.3. The maximum atomic E-state index is 12.4. The first-order valence-electron chi connectivity index (χ1n) is 5.91. The van der Waals surface area contributed by atoms with Crippen LogP contribution in [0.25, 0.3) is 0 Å². The van der Waals surface area contributed by atoms with Gasteiger partial charge in [-0.25, -0.2) is 12.7 Å². The number of halogens is 1. The molecule has 1 aliphatic rings. The van der Waals surface area contributed by atoms with Crippen molar-refractivity contribution in [2.45, 2.75) is 11.4 Å². The molecule has 0 N–H and O–H groups in total. The fourth-order valence-electron chi connectivity index (χ4n) is 2.14. The van der Waals surface area contributed by atoms with Crippen molar-refractivity contribution < 1.29 is 13.2 Å². The maximum Gasteiger partial charge on any atom is 0.269 e. The lowest BCUT2D eigenvalue weighted by Gasteiger charge is -2.15. The van der Waals surface area contributed by atoms with Crippen LogP contribution in [0.3, 0.4) is 0 Å². The van der Waals surface area contributed by atoms with Crippen LogP contribution < -0.4 is 0 Å². The molecule has 0 unspecified atom stereocenters. The Hall–Kier alpha value is -1.66. The zero-order valence-corrected chi connectivity index (χ0v) is 12.7. The van der Waals surface area contributed by atoms with Crippen LogP contribution >= 0.6 is 15.9 Å². The third-order valence-corrected chi connectivity index (χ3v) is 5.47. The number of sulfonamides is 1. The summed E-state index contributed by atoms with van der Waals surface area (Å²) in [5.74, 6) is -0.469. The molecule has 6 heteroatoms. The Balaban J connectivity index is 2.00. The molecule has 0 bridgehead atoms. The van der Waals surface area contributed by atoms with E-state index in [1.165, 1.54) is 12.1 Å². The van der Waals surface area contributed by atoms with E-state index in [4.69, 9.17) is 0 Å². The second kappa shape index (κ2) is 4.71. The second-order valence-electron chi connectivity index (χ2n) is 4.44. The van der Waals surface area contributed by atoms with Gasteiger partial charge in [-0.2, -0.15) is 0 Å². The average molecular weight is 352 g/mol. The summed E-state index contributed by atoms with van der Waals surface area (Å²) in [7, 11) is -3.73. The molecule has 0 radical (unpaired) electrons. The smallest absolute Gasteiger partial charge is 0.268 e. The van der Waals surface area contributed by atoms with Gasteiger partial charge in [0.25, 0.3) is 15.9 Å². The topological polar surface area (TPSA) is 54.5 Å². The van der Waals surface area contributed by atoms with Crippen LogP contribution in [0.5, 0.6) is 0 Å². The molecule has 2 aromatic carbocycles. The van der Waals surface area contributed by atoms with Crippen LogP contribution in [0.4, 0.5) is 0 Å². The lowest BCUT2D eigenvalue weighted by Crippen LogP contribution is -2.29. The Labute approximate surface area is 125 Å². The van der Waals surface area contributed by atoms with Crippen molar-refractivity contribution in [2.75, 3.05) is 0 Å². The Morgan fingerprint density at radius 1 is 1.00 bits per heavy atom. The Morgan fingerprint density at radius 3 is 2.30 bits per heavy atom. The van der Waals surface area contributed by atoms with Gasteiger partial charge in [-0.1, -0.05) is 40.2 Å². The van der Waals surface area contributed by atoms with Gasteiger partial charge in [0.15, 0.2) is 0 Å². The van der Waals surface area contributed by atoms with E-state index < -0.39 is 15.9 Å². The molecule has 0 atom stereocenters. The van der Waals surface area contributed by atoms with Gasteiger partial charge in [0.05, 0.1) is 12.1 Å². The number of nitrogens with zero attached hydrogens (tertiary/aromatic N) is 1. The summed E-state index contributed by atoms with van der Waals surface area (Å²) in [5.41, 5.74) is 1.00. The molecule has 1 amide bonds. The molecule has 1 heterocycles. The van der Waals surface area contributed by atoms with E-state index >= 15 is 0 Å². The second-order valence-corrected chi connectivity index (χ2v) is 7.19. The van der Waals surface area contributed by atoms with E-state index in [0.717, 1.165) is 14.3 Å². The molecule has 0 aliphatic carbocycles. The zero-order chi connectivity index (χ0) is 14.3. The molecule has 0 saturated heterocycles. The van der Waals surface area contributed by atoms with E-state index in [2.05, 4.69) is 15.9 Å². The first-order valence-corrected chi connectivity index (χ1v) is 8.14. The maximum absolute atomic E-state index is 12.4. The van der Waals surface area contributed by atoms with E-state index in [-0.39, 0.29) is 17.0 Å². The van der Waals surface area contributed by atoms with Crippen molar-refractivity contribution in [2.24, 2.45) is 0 Å². The number of amides is 1. The summed E-state index contributed by atoms with van der Waals surface area (Å²) in [5, 5.41) is 0. The Morgan fingerprint density at radius 2 is 1.65 bits per heavy atom. The molecule has 0 spiro atoms. The highest BCUT2D eigenvalue weighted by Crippen LogP contribution is 2.31. The Bertz CT molecular complexity index is 784. The summed E-state index contributed by atoms with van der Waals surface area (Å²) >= 11 is 3.32. The van der Waals surface area contributed by atoms with Gasteiger partial charge in [0.2, 0.25) is 0 Å². The van der Waals surface area contributed by atoms with E-state index in [9.17, 15) is 13.2 Å². The van der Waals surface area contributed by atoms with Crippen molar-refractivity contribution in [1.29, 1.82) is 0 Å². The highest BCUT2D eigenvalue weighted by molar-refractivity contribution is 9.10. The summed E-state index contributed by atoms with van der Waals surface area (Å²) < 4.78 is 26.5. The Kier molecular flexibility index (Phi) is 3.14. The van der Waals surface area contributed by atoms with Crippen LogP contribution in [0.1, 0.15) is 15.9 Å². The van der Waals surface area contributed by atoms with E-state index in [1.807, 2.05) is 12.1 Å². The molecule has 4 nitrogen and oxygen atoms in total. The quantitative estimate of drug-likeness (QED) is 0.835. The predicted octanol–water partition coefficient (Wildman–Crippen LogP) is 2.79. The molecule has 0 fully saturated rings. The normalized spacial score (nSPS) is 16.2. The van der Waals surface area contributed by atoms with Gasteiger partial charge in [-0.3, -0.25) is 4.79 Å². The van der Waals surface area contributed by atoms with Gasteiger partial charge in [0, 0.05) is 4.47 Å². The number of hydrogen-bond acceptors (Lipinski definition) is 3. The van der Waals surface area contributed by atoms with Crippen molar-refractivity contribution in [3.63, 3.8) is 0 Å². The molecule has 3 rings (SSSR count). The standard InChI is InChI=1S/C14H10BrNO3S/c15-11-7-5-10(6-8-11)9-16-14(17)12-3-1-2-4-13(12)20(16,18)19/h1-8H,9H2. The number of carbonyl (C=O) groups excluding carboxylic acids is 1. The highest BCUT2D eigenvalue weighted by atomic mass is 79.9. The summed E-state index contributed by atoms with van der Waals surface area (Å²) in [6.45, 7) is 0.0448. The fourth-order valence-corrected chi connectivity index (χ4v) is 3.96. The predicted molar refractivity (Wildman–Crippen MR) is 77.6 cm³/mol. The number of benzene rings is 2. The first-order chi connectivity index (χ1) is 9.50. The van der Waals surface area contributed by atoms with Crippen molar-refractivity contribution in [1.82, 2.24) is 4.31 Å². The van der Waals surface area contributed by atoms with E-state index in [0.29, 0.717) is 0 Å². The third-order valence-electron chi connectivity index (χ3n) is 3.15. The molecule has 20 heavy (non-hydrogen) atoms. The minimum atomic E-state index is -3.73. The number of carbonyl (C=O) groups is 1. The lowest BCUT2D eigenvalue weighted by molar-refractivity contribution is 0.0865. The van der Waals surface area contributed by atoms with E-state index in [1.54, 1.807) is 24.3 Å². The van der Waals surface area contributed by atoms with Crippen molar-refractivity contribution in [3.8, 4) is 0 Å². The molecule has 1 aliphatic heterocycles. The van der Waals surface area contributed by atoms with Crippen molar-refractivity contribution in [3.05, 3.63) is 64.1 Å². The number of hydrogen-bond donors (Lipinski definition) is 0. The first kappa shape index (κ1) is 13.3. The van der Waals surface area contributed by atoms with Crippen LogP contribution in [0.2, 0.25) is 0 Å². The molecule has 2 aromatic rings. The molecule has 0 aromatic heterocycles. The van der Waals surface area contributed by atoms with Gasteiger partial charge >= 0.3 is 0 Å². The third kappa shape index (κ3) is 2.05. The zero-order valence-electron chi connectivity index (χ0n) is 10.3. The monoisotopic (exact) mass is 351 g/mol.